The number of anilines is 1. The zero-order valence-corrected chi connectivity index (χ0v) is 14.5. The molecule has 1 aromatic heterocycles. The van der Waals surface area contributed by atoms with E-state index in [0.29, 0.717) is 6.61 Å². The van der Waals surface area contributed by atoms with Crippen molar-refractivity contribution in [2.24, 2.45) is 0 Å². The van der Waals surface area contributed by atoms with Gasteiger partial charge in [0.05, 0.1) is 12.7 Å². The fraction of sp³-hybridized carbons (Fsp3) is 0.357. The van der Waals surface area contributed by atoms with Crippen molar-refractivity contribution in [1.82, 2.24) is 14.5 Å². The Bertz CT molecular complexity index is 822. The summed E-state index contributed by atoms with van der Waals surface area (Å²) < 4.78 is 32.3. The van der Waals surface area contributed by atoms with Crippen molar-refractivity contribution in [3.63, 3.8) is 0 Å². The van der Waals surface area contributed by atoms with E-state index in [1.165, 1.54) is 11.2 Å². The van der Waals surface area contributed by atoms with Gasteiger partial charge in [-0.05, 0) is 5.56 Å². The molecule has 0 radical (unpaired) electrons. The highest BCUT2D eigenvalue weighted by atomic mass is 32.2. The number of carbonyl (C=O) groups excluding carboxylic acids is 1. The van der Waals surface area contributed by atoms with Gasteiger partial charge < -0.3 is 10.1 Å². The summed E-state index contributed by atoms with van der Waals surface area (Å²) in [6.07, 6.45) is -0.322. The van der Waals surface area contributed by atoms with Gasteiger partial charge in [0.1, 0.15) is 0 Å². The molecule has 1 fully saturated rings. The van der Waals surface area contributed by atoms with Gasteiger partial charge in [-0.2, -0.15) is 4.31 Å². The van der Waals surface area contributed by atoms with Crippen LogP contribution >= 0.6 is 11.3 Å². The lowest BCUT2D eigenvalue weighted by Crippen LogP contribution is -2.42. The second-order valence-corrected chi connectivity index (χ2v) is 8.28. The summed E-state index contributed by atoms with van der Waals surface area (Å²) in [7, 11) is -3.77. The Labute approximate surface area is 143 Å². The topological polar surface area (TPSA) is 101 Å². The molecule has 1 amide bonds. The van der Waals surface area contributed by atoms with Gasteiger partial charge in [0.2, 0.25) is 15.4 Å². The summed E-state index contributed by atoms with van der Waals surface area (Å²) >= 11 is 0.834. The molecule has 1 aliphatic rings. The van der Waals surface area contributed by atoms with Crippen molar-refractivity contribution in [2.45, 2.75) is 17.4 Å². The van der Waals surface area contributed by atoms with Crippen LogP contribution in [0.15, 0.2) is 34.7 Å². The average molecular weight is 368 g/mol. The molecule has 0 bridgehead atoms. The van der Waals surface area contributed by atoms with Crippen LogP contribution in [0.25, 0.3) is 0 Å². The van der Waals surface area contributed by atoms with Crippen LogP contribution in [0.3, 0.4) is 0 Å². The van der Waals surface area contributed by atoms with Gasteiger partial charge in [0.25, 0.3) is 10.0 Å². The van der Waals surface area contributed by atoms with Crippen LogP contribution in [0.2, 0.25) is 0 Å². The molecular weight excluding hydrogens is 352 g/mol. The molecule has 8 nitrogen and oxygen atoms in total. The van der Waals surface area contributed by atoms with E-state index in [0.717, 1.165) is 16.9 Å². The molecule has 0 aliphatic carbocycles. The SMILES string of the molecule is CC(=O)Nc1nnc(S(=O)(=O)N2CCOC(c3ccccc3)C2)s1. The predicted molar refractivity (Wildman–Crippen MR) is 88.1 cm³/mol. The number of hydrogen-bond acceptors (Lipinski definition) is 7. The number of rotatable bonds is 4. The van der Waals surface area contributed by atoms with Crippen LogP contribution < -0.4 is 5.32 Å². The minimum Gasteiger partial charge on any atom is -0.371 e. The molecule has 1 aliphatic heterocycles. The normalized spacial score (nSPS) is 19.1. The fourth-order valence-electron chi connectivity index (χ4n) is 2.34. The first-order valence-electron chi connectivity index (χ1n) is 7.24. The molecule has 1 atom stereocenters. The molecule has 3 rings (SSSR count). The standard InChI is InChI=1S/C14H16N4O4S2/c1-10(19)15-13-16-17-14(23-13)24(20,21)18-7-8-22-12(9-18)11-5-3-2-4-6-11/h2-6,12H,7-9H2,1H3,(H,15,16,19). The number of ether oxygens (including phenoxy) is 1. The molecule has 2 aromatic rings. The van der Waals surface area contributed by atoms with Gasteiger partial charge in [-0.15, -0.1) is 10.2 Å². The maximum atomic E-state index is 12.7. The van der Waals surface area contributed by atoms with Crippen LogP contribution in [-0.4, -0.2) is 48.5 Å². The number of morpholine rings is 1. The van der Waals surface area contributed by atoms with Gasteiger partial charge in [-0.3, -0.25) is 4.79 Å². The van der Waals surface area contributed by atoms with Gasteiger partial charge >= 0.3 is 0 Å². The summed E-state index contributed by atoms with van der Waals surface area (Å²) in [4.78, 5) is 11.0. The largest absolute Gasteiger partial charge is 0.371 e. The predicted octanol–water partition coefficient (Wildman–Crippen LogP) is 1.26. The Hall–Kier alpha value is -1.88. The summed E-state index contributed by atoms with van der Waals surface area (Å²) in [5.74, 6) is -0.328. The van der Waals surface area contributed by atoms with Gasteiger partial charge in [-0.1, -0.05) is 41.7 Å². The Morgan fingerprint density at radius 3 is 2.79 bits per heavy atom. The third kappa shape index (κ3) is 3.61. The molecule has 10 heteroatoms. The third-order valence-corrected chi connectivity index (χ3v) is 6.50. The summed E-state index contributed by atoms with van der Waals surface area (Å²) in [5, 5.41) is 9.99. The molecule has 24 heavy (non-hydrogen) atoms. The van der Waals surface area contributed by atoms with Crippen molar-refractivity contribution < 1.29 is 17.9 Å². The average Bonchev–Trinajstić information content (AvgIpc) is 3.04. The molecule has 128 valence electrons. The zero-order chi connectivity index (χ0) is 17.2. The number of nitrogens with zero attached hydrogens (tertiary/aromatic N) is 3. The molecule has 1 N–H and O–H groups in total. The zero-order valence-electron chi connectivity index (χ0n) is 12.9. The minimum absolute atomic E-state index is 0.139. The monoisotopic (exact) mass is 368 g/mol. The molecule has 1 unspecified atom stereocenters. The van der Waals surface area contributed by atoms with Gasteiger partial charge in [0.15, 0.2) is 0 Å². The first-order valence-corrected chi connectivity index (χ1v) is 9.50. The molecular formula is C14H16N4O4S2. The summed E-state index contributed by atoms with van der Waals surface area (Å²) in [6, 6.07) is 9.47. The number of hydrogen-bond donors (Lipinski definition) is 1. The van der Waals surface area contributed by atoms with Crippen molar-refractivity contribution >= 4 is 32.4 Å². The van der Waals surface area contributed by atoms with E-state index in [1.807, 2.05) is 30.3 Å². The fourth-order valence-corrected chi connectivity index (χ4v) is 4.85. The van der Waals surface area contributed by atoms with E-state index in [4.69, 9.17) is 4.74 Å². The van der Waals surface area contributed by atoms with Crippen LogP contribution in [0.5, 0.6) is 0 Å². The Morgan fingerprint density at radius 2 is 2.08 bits per heavy atom. The van der Waals surface area contributed by atoms with Crippen molar-refractivity contribution in [3.8, 4) is 0 Å². The molecule has 1 aromatic carbocycles. The van der Waals surface area contributed by atoms with E-state index >= 15 is 0 Å². The van der Waals surface area contributed by atoms with E-state index in [-0.39, 0.29) is 34.6 Å². The molecule has 0 spiro atoms. The van der Waals surface area contributed by atoms with Crippen molar-refractivity contribution in [3.05, 3.63) is 35.9 Å². The van der Waals surface area contributed by atoms with Gasteiger partial charge in [-0.25, -0.2) is 8.42 Å². The van der Waals surface area contributed by atoms with Crippen LogP contribution in [0.4, 0.5) is 5.13 Å². The van der Waals surface area contributed by atoms with Crippen molar-refractivity contribution in [2.75, 3.05) is 25.0 Å². The lowest BCUT2D eigenvalue weighted by atomic mass is 10.1. The summed E-state index contributed by atoms with van der Waals surface area (Å²) in [5.41, 5.74) is 0.925. The van der Waals surface area contributed by atoms with Crippen LogP contribution in [0.1, 0.15) is 18.6 Å². The Morgan fingerprint density at radius 1 is 1.33 bits per heavy atom. The number of sulfonamides is 1. The Kier molecular flexibility index (Phi) is 4.90. The lowest BCUT2D eigenvalue weighted by Gasteiger charge is -2.31. The molecule has 1 saturated heterocycles. The Balaban J connectivity index is 1.79. The molecule has 0 saturated carbocycles. The number of amides is 1. The van der Waals surface area contributed by atoms with E-state index in [1.54, 1.807) is 0 Å². The highest BCUT2D eigenvalue weighted by Gasteiger charge is 2.34. The minimum atomic E-state index is -3.77. The second kappa shape index (κ2) is 6.93. The maximum absolute atomic E-state index is 12.7. The number of aromatic nitrogens is 2. The first kappa shape index (κ1) is 17.0. The highest BCUT2D eigenvalue weighted by Crippen LogP contribution is 2.28. The number of nitrogens with one attached hydrogen (secondary N) is 1. The second-order valence-electron chi connectivity index (χ2n) is 5.19. The van der Waals surface area contributed by atoms with E-state index < -0.39 is 10.0 Å². The lowest BCUT2D eigenvalue weighted by molar-refractivity contribution is -0.114. The van der Waals surface area contributed by atoms with Gasteiger partial charge in [0, 0.05) is 20.0 Å². The van der Waals surface area contributed by atoms with Crippen LogP contribution in [0, 0.1) is 0 Å². The van der Waals surface area contributed by atoms with E-state index in [9.17, 15) is 13.2 Å². The number of benzene rings is 1. The number of carbonyl (C=O) groups is 1. The third-order valence-electron chi connectivity index (χ3n) is 3.45. The van der Waals surface area contributed by atoms with E-state index in [2.05, 4.69) is 15.5 Å². The molecule has 2 heterocycles. The summed E-state index contributed by atoms with van der Waals surface area (Å²) in [6.45, 7) is 2.08. The smallest absolute Gasteiger partial charge is 0.272 e. The quantitative estimate of drug-likeness (QED) is 0.815. The van der Waals surface area contributed by atoms with Crippen molar-refractivity contribution in [1.29, 1.82) is 0 Å². The maximum Gasteiger partial charge on any atom is 0.272 e. The first-order chi connectivity index (χ1) is 11.5. The van der Waals surface area contributed by atoms with Crippen LogP contribution in [-0.2, 0) is 19.6 Å². The highest BCUT2D eigenvalue weighted by molar-refractivity contribution is 7.91.